The summed E-state index contributed by atoms with van der Waals surface area (Å²) >= 11 is 0. The molecule has 8 nitrogen and oxygen atoms in total. The van der Waals surface area contributed by atoms with Gasteiger partial charge < -0.3 is 10.6 Å². The number of likely N-dealkylation sites (tertiary alicyclic amines) is 1. The van der Waals surface area contributed by atoms with Crippen LogP contribution in [0.15, 0.2) is 59.8 Å². The van der Waals surface area contributed by atoms with Gasteiger partial charge in [0.25, 0.3) is 0 Å². The smallest absolute Gasteiger partial charge is 0.244 e. The van der Waals surface area contributed by atoms with Crippen molar-refractivity contribution in [2.24, 2.45) is 16.6 Å². The number of amides is 1. The Morgan fingerprint density at radius 3 is 2.72 bits per heavy atom. The Bertz CT molecular complexity index is 1060. The molecule has 166 valence electrons. The molecule has 0 spiro atoms. The SMILES string of the molecule is CN=CC(=CN)CC1C=CC=C(c2ncc(-c3cnn(CC(=O)N4CCCC4)c3)cn2)C1. The molecule has 1 aliphatic heterocycles. The Morgan fingerprint density at radius 2 is 2.00 bits per heavy atom. The van der Waals surface area contributed by atoms with E-state index in [2.05, 4.69) is 38.3 Å². The number of hydrogen-bond donors (Lipinski definition) is 1. The maximum Gasteiger partial charge on any atom is 0.244 e. The summed E-state index contributed by atoms with van der Waals surface area (Å²) in [6.45, 7) is 1.97. The summed E-state index contributed by atoms with van der Waals surface area (Å²) in [5.41, 5.74) is 9.60. The normalized spacial score (nSPS) is 19.0. The van der Waals surface area contributed by atoms with Crippen molar-refractivity contribution in [1.82, 2.24) is 24.6 Å². The Balaban J connectivity index is 1.39. The van der Waals surface area contributed by atoms with Gasteiger partial charge in [-0.25, -0.2) is 9.97 Å². The van der Waals surface area contributed by atoms with E-state index in [0.717, 1.165) is 66.9 Å². The molecule has 1 aliphatic carbocycles. The van der Waals surface area contributed by atoms with E-state index in [1.54, 1.807) is 30.3 Å². The molecule has 0 radical (unpaired) electrons. The molecule has 0 aromatic carbocycles. The van der Waals surface area contributed by atoms with E-state index in [4.69, 9.17) is 5.73 Å². The first-order valence-corrected chi connectivity index (χ1v) is 11.0. The van der Waals surface area contributed by atoms with Gasteiger partial charge in [-0.3, -0.25) is 14.5 Å². The fourth-order valence-corrected chi connectivity index (χ4v) is 4.13. The van der Waals surface area contributed by atoms with Gasteiger partial charge in [-0.15, -0.1) is 0 Å². The Hall–Kier alpha value is -3.55. The molecule has 1 atom stereocenters. The Kier molecular flexibility index (Phi) is 6.89. The second-order valence-corrected chi connectivity index (χ2v) is 8.18. The number of carbonyl (C=O) groups is 1. The number of aromatic nitrogens is 4. The van der Waals surface area contributed by atoms with E-state index < -0.39 is 0 Å². The van der Waals surface area contributed by atoms with Gasteiger partial charge in [-0.05, 0) is 48.9 Å². The molecular weight excluding hydrogens is 402 g/mol. The first-order valence-electron chi connectivity index (χ1n) is 11.0. The van der Waals surface area contributed by atoms with E-state index in [9.17, 15) is 4.79 Å². The standard InChI is InChI=1S/C24H29N7O/c1-26-12-19(11-25)9-18-5-4-6-20(10-18)24-27-13-21(14-28-24)22-15-29-31(16-22)17-23(32)30-7-2-3-8-30/h4-6,11-16,18H,2-3,7-10,17,25H2,1H3. The summed E-state index contributed by atoms with van der Waals surface area (Å²) in [6.07, 6.45) is 20.8. The van der Waals surface area contributed by atoms with Gasteiger partial charge in [0.05, 0.1) is 6.20 Å². The number of rotatable bonds is 7. The van der Waals surface area contributed by atoms with Crippen molar-refractivity contribution in [3.05, 3.63) is 60.6 Å². The van der Waals surface area contributed by atoms with Gasteiger partial charge in [-0.1, -0.05) is 18.2 Å². The summed E-state index contributed by atoms with van der Waals surface area (Å²) in [6, 6.07) is 0. The zero-order valence-electron chi connectivity index (χ0n) is 18.4. The van der Waals surface area contributed by atoms with Gasteiger partial charge in [-0.2, -0.15) is 5.10 Å². The predicted molar refractivity (Wildman–Crippen MR) is 126 cm³/mol. The predicted octanol–water partition coefficient (Wildman–Crippen LogP) is 2.86. The van der Waals surface area contributed by atoms with Crippen molar-refractivity contribution in [3.63, 3.8) is 0 Å². The van der Waals surface area contributed by atoms with Crippen LogP contribution in [-0.2, 0) is 11.3 Å². The van der Waals surface area contributed by atoms with Gasteiger partial charge in [0, 0.05) is 56.1 Å². The quantitative estimate of drug-likeness (QED) is 0.679. The monoisotopic (exact) mass is 431 g/mol. The largest absolute Gasteiger partial charge is 0.404 e. The molecule has 2 aromatic heterocycles. The van der Waals surface area contributed by atoms with Crippen molar-refractivity contribution in [2.75, 3.05) is 20.1 Å². The van der Waals surface area contributed by atoms with Crippen LogP contribution in [0.3, 0.4) is 0 Å². The molecule has 0 bridgehead atoms. The first kappa shape index (κ1) is 21.7. The lowest BCUT2D eigenvalue weighted by molar-refractivity contribution is -0.130. The topological polar surface area (TPSA) is 102 Å². The number of carbonyl (C=O) groups excluding carboxylic acids is 1. The van der Waals surface area contributed by atoms with Crippen LogP contribution in [0.5, 0.6) is 0 Å². The molecule has 3 heterocycles. The Labute approximate surface area is 188 Å². The lowest BCUT2D eigenvalue weighted by Gasteiger charge is -2.18. The maximum atomic E-state index is 12.3. The van der Waals surface area contributed by atoms with Crippen molar-refractivity contribution < 1.29 is 4.79 Å². The molecule has 32 heavy (non-hydrogen) atoms. The zero-order valence-corrected chi connectivity index (χ0v) is 18.4. The fraction of sp³-hybridized carbons (Fsp3) is 0.375. The lowest BCUT2D eigenvalue weighted by atomic mass is 9.89. The summed E-state index contributed by atoms with van der Waals surface area (Å²) in [7, 11) is 1.75. The number of hydrogen-bond acceptors (Lipinski definition) is 6. The van der Waals surface area contributed by atoms with Crippen LogP contribution in [0.1, 0.15) is 31.5 Å². The minimum absolute atomic E-state index is 0.119. The van der Waals surface area contributed by atoms with E-state index in [1.807, 2.05) is 23.5 Å². The van der Waals surface area contributed by atoms with Crippen LogP contribution in [0.2, 0.25) is 0 Å². The number of nitrogens with zero attached hydrogens (tertiary/aromatic N) is 6. The fourth-order valence-electron chi connectivity index (χ4n) is 4.13. The van der Waals surface area contributed by atoms with Crippen LogP contribution < -0.4 is 5.73 Å². The summed E-state index contributed by atoms with van der Waals surface area (Å²) in [5, 5.41) is 4.34. The van der Waals surface area contributed by atoms with Crippen molar-refractivity contribution in [1.29, 1.82) is 0 Å². The zero-order chi connectivity index (χ0) is 22.3. The van der Waals surface area contributed by atoms with E-state index in [-0.39, 0.29) is 12.5 Å². The third kappa shape index (κ3) is 5.19. The molecule has 0 saturated carbocycles. The van der Waals surface area contributed by atoms with E-state index >= 15 is 0 Å². The summed E-state index contributed by atoms with van der Waals surface area (Å²) in [5.74, 6) is 1.17. The van der Waals surface area contributed by atoms with E-state index in [0.29, 0.717) is 5.92 Å². The highest BCUT2D eigenvalue weighted by Crippen LogP contribution is 2.29. The highest BCUT2D eigenvalue weighted by molar-refractivity contribution is 5.78. The number of nitrogens with two attached hydrogens (primary N) is 1. The van der Waals surface area contributed by atoms with E-state index in [1.165, 1.54) is 0 Å². The molecule has 2 N–H and O–H groups in total. The summed E-state index contributed by atoms with van der Waals surface area (Å²) in [4.78, 5) is 27.5. The van der Waals surface area contributed by atoms with Gasteiger partial charge in [0.2, 0.25) is 5.91 Å². The molecular formula is C24H29N7O. The van der Waals surface area contributed by atoms with Crippen LogP contribution in [0, 0.1) is 5.92 Å². The molecule has 1 amide bonds. The molecule has 2 aromatic rings. The molecule has 4 rings (SSSR count). The minimum atomic E-state index is 0.119. The molecule has 1 fully saturated rings. The van der Waals surface area contributed by atoms with Crippen molar-refractivity contribution >= 4 is 17.7 Å². The summed E-state index contributed by atoms with van der Waals surface area (Å²) < 4.78 is 1.69. The van der Waals surface area contributed by atoms with Gasteiger partial charge in [0.1, 0.15) is 6.54 Å². The minimum Gasteiger partial charge on any atom is -0.404 e. The average molecular weight is 432 g/mol. The van der Waals surface area contributed by atoms with Gasteiger partial charge >= 0.3 is 0 Å². The third-order valence-corrected chi connectivity index (χ3v) is 5.83. The van der Waals surface area contributed by atoms with Crippen LogP contribution in [0.4, 0.5) is 0 Å². The molecule has 8 heteroatoms. The van der Waals surface area contributed by atoms with Crippen LogP contribution in [-0.4, -0.2) is 56.9 Å². The van der Waals surface area contributed by atoms with Crippen LogP contribution in [0.25, 0.3) is 16.7 Å². The number of aliphatic imine (C=N–C) groups is 1. The highest BCUT2D eigenvalue weighted by Gasteiger charge is 2.19. The average Bonchev–Trinajstić information content (AvgIpc) is 3.52. The van der Waals surface area contributed by atoms with Crippen molar-refractivity contribution in [2.45, 2.75) is 32.2 Å². The molecule has 2 aliphatic rings. The highest BCUT2D eigenvalue weighted by atomic mass is 16.2. The number of allylic oxidation sites excluding steroid dienone is 5. The van der Waals surface area contributed by atoms with Crippen LogP contribution >= 0.6 is 0 Å². The first-order chi connectivity index (χ1) is 15.7. The maximum absolute atomic E-state index is 12.3. The second-order valence-electron chi connectivity index (χ2n) is 8.18. The van der Waals surface area contributed by atoms with Crippen molar-refractivity contribution in [3.8, 4) is 11.1 Å². The Morgan fingerprint density at radius 1 is 1.22 bits per heavy atom. The lowest BCUT2D eigenvalue weighted by Crippen LogP contribution is -2.31. The second kappa shape index (κ2) is 10.2. The molecule has 1 unspecified atom stereocenters. The van der Waals surface area contributed by atoms with Gasteiger partial charge in [0.15, 0.2) is 5.82 Å². The third-order valence-electron chi connectivity index (χ3n) is 5.83. The molecule has 1 saturated heterocycles.